The van der Waals surface area contributed by atoms with Crippen molar-refractivity contribution in [1.29, 1.82) is 0 Å². The maximum absolute atomic E-state index is 5.81. The first kappa shape index (κ1) is 12.0. The molecule has 0 aromatic heterocycles. The van der Waals surface area contributed by atoms with Crippen LogP contribution in [0.2, 0.25) is 0 Å². The molecule has 1 fully saturated rings. The highest BCUT2D eigenvalue weighted by Crippen LogP contribution is 2.29. The van der Waals surface area contributed by atoms with Gasteiger partial charge in [0.05, 0.1) is 6.10 Å². The van der Waals surface area contributed by atoms with E-state index >= 15 is 0 Å². The molecule has 0 radical (unpaired) electrons. The molecular formula is C12H24O2. The second-order valence-electron chi connectivity index (χ2n) is 4.41. The summed E-state index contributed by atoms with van der Waals surface area (Å²) in [5, 5.41) is 0. The van der Waals surface area contributed by atoms with Gasteiger partial charge >= 0.3 is 0 Å². The summed E-state index contributed by atoms with van der Waals surface area (Å²) in [5.74, 6) is 0.631. The van der Waals surface area contributed by atoms with Crippen molar-refractivity contribution in [2.24, 2.45) is 5.92 Å². The summed E-state index contributed by atoms with van der Waals surface area (Å²) in [6.07, 6.45) is 6.94. The van der Waals surface area contributed by atoms with Gasteiger partial charge in [0.2, 0.25) is 0 Å². The van der Waals surface area contributed by atoms with Crippen LogP contribution in [-0.4, -0.2) is 19.0 Å². The number of ether oxygens (including phenoxy) is 2. The Bertz CT molecular complexity index is 139. The van der Waals surface area contributed by atoms with Gasteiger partial charge in [0.25, 0.3) is 0 Å². The Morgan fingerprint density at radius 1 is 1.14 bits per heavy atom. The van der Waals surface area contributed by atoms with Crippen molar-refractivity contribution in [3.63, 3.8) is 0 Å². The van der Waals surface area contributed by atoms with E-state index in [0.29, 0.717) is 5.92 Å². The molecule has 0 aromatic rings. The molecule has 1 unspecified atom stereocenters. The van der Waals surface area contributed by atoms with E-state index in [9.17, 15) is 0 Å². The predicted molar refractivity (Wildman–Crippen MR) is 58.2 cm³/mol. The maximum Gasteiger partial charge on any atom is 0.160 e. The van der Waals surface area contributed by atoms with Crippen LogP contribution in [0.15, 0.2) is 0 Å². The van der Waals surface area contributed by atoms with E-state index in [1.807, 2.05) is 6.92 Å². The lowest BCUT2D eigenvalue weighted by Crippen LogP contribution is -2.31. The topological polar surface area (TPSA) is 18.5 Å². The fraction of sp³-hybridized carbons (Fsp3) is 1.00. The summed E-state index contributed by atoms with van der Waals surface area (Å²) in [5.41, 5.74) is 0. The molecule has 14 heavy (non-hydrogen) atoms. The van der Waals surface area contributed by atoms with E-state index in [-0.39, 0.29) is 12.4 Å². The average Bonchev–Trinajstić information content (AvgIpc) is 2.18. The van der Waals surface area contributed by atoms with E-state index in [1.54, 1.807) is 0 Å². The molecule has 0 spiro atoms. The summed E-state index contributed by atoms with van der Waals surface area (Å²) < 4.78 is 11.5. The van der Waals surface area contributed by atoms with Gasteiger partial charge in [-0.1, -0.05) is 19.3 Å². The van der Waals surface area contributed by atoms with Crippen molar-refractivity contribution in [3.05, 3.63) is 0 Å². The van der Waals surface area contributed by atoms with E-state index in [2.05, 4.69) is 13.8 Å². The second-order valence-corrected chi connectivity index (χ2v) is 4.41. The molecule has 1 saturated carbocycles. The van der Waals surface area contributed by atoms with Crippen molar-refractivity contribution >= 4 is 0 Å². The Hall–Kier alpha value is -0.0800. The van der Waals surface area contributed by atoms with Gasteiger partial charge in [0.1, 0.15) is 0 Å². The number of hydrogen-bond donors (Lipinski definition) is 0. The largest absolute Gasteiger partial charge is 0.353 e. The normalized spacial score (nSPS) is 21.4. The lowest BCUT2D eigenvalue weighted by molar-refractivity contribution is -0.193. The number of rotatable bonds is 5. The second kappa shape index (κ2) is 6.41. The van der Waals surface area contributed by atoms with Crippen molar-refractivity contribution < 1.29 is 9.47 Å². The maximum atomic E-state index is 5.81. The van der Waals surface area contributed by atoms with Crippen LogP contribution in [0.25, 0.3) is 0 Å². The molecule has 2 nitrogen and oxygen atoms in total. The Labute approximate surface area is 88.0 Å². The molecule has 1 rings (SSSR count). The van der Waals surface area contributed by atoms with Crippen molar-refractivity contribution in [3.8, 4) is 0 Å². The molecule has 0 N–H and O–H groups in total. The minimum atomic E-state index is 0.0419. The third kappa shape index (κ3) is 3.97. The molecule has 0 aliphatic heterocycles. The van der Waals surface area contributed by atoms with Gasteiger partial charge in [0, 0.05) is 12.5 Å². The minimum Gasteiger partial charge on any atom is -0.353 e. The minimum absolute atomic E-state index is 0.0419. The molecule has 1 aliphatic rings. The molecule has 0 bridgehead atoms. The van der Waals surface area contributed by atoms with Crippen LogP contribution in [0, 0.1) is 5.92 Å². The highest BCUT2D eigenvalue weighted by Gasteiger charge is 2.25. The van der Waals surface area contributed by atoms with Crippen LogP contribution in [0.4, 0.5) is 0 Å². The molecule has 84 valence electrons. The Morgan fingerprint density at radius 3 is 2.29 bits per heavy atom. The molecular weight excluding hydrogens is 176 g/mol. The summed E-state index contributed by atoms with van der Waals surface area (Å²) in [4.78, 5) is 0. The lowest BCUT2D eigenvalue weighted by Gasteiger charge is -2.31. The SMILES string of the molecule is CCOC(OC(C)C)C1CCCCC1. The van der Waals surface area contributed by atoms with E-state index in [1.165, 1.54) is 32.1 Å². The van der Waals surface area contributed by atoms with E-state index in [0.717, 1.165) is 6.61 Å². The van der Waals surface area contributed by atoms with Crippen molar-refractivity contribution in [2.75, 3.05) is 6.61 Å². The van der Waals surface area contributed by atoms with Crippen molar-refractivity contribution in [2.45, 2.75) is 65.3 Å². The fourth-order valence-electron chi connectivity index (χ4n) is 2.13. The van der Waals surface area contributed by atoms with Crippen LogP contribution < -0.4 is 0 Å². The third-order valence-electron chi connectivity index (χ3n) is 2.77. The quantitative estimate of drug-likeness (QED) is 0.634. The van der Waals surface area contributed by atoms with Gasteiger partial charge in [-0.25, -0.2) is 0 Å². The predicted octanol–water partition coefficient (Wildman–Crippen LogP) is 3.35. The van der Waals surface area contributed by atoms with Crippen molar-refractivity contribution in [1.82, 2.24) is 0 Å². The zero-order valence-electron chi connectivity index (χ0n) is 9.79. The van der Waals surface area contributed by atoms with Gasteiger partial charge in [-0.15, -0.1) is 0 Å². The monoisotopic (exact) mass is 200 g/mol. The van der Waals surface area contributed by atoms with E-state index in [4.69, 9.17) is 9.47 Å². The first-order valence-corrected chi connectivity index (χ1v) is 6.01. The van der Waals surface area contributed by atoms with Crippen LogP contribution in [0.3, 0.4) is 0 Å². The first-order valence-electron chi connectivity index (χ1n) is 6.01. The summed E-state index contributed by atoms with van der Waals surface area (Å²) in [6.45, 7) is 6.96. The summed E-state index contributed by atoms with van der Waals surface area (Å²) >= 11 is 0. The molecule has 0 amide bonds. The summed E-state index contributed by atoms with van der Waals surface area (Å²) in [7, 11) is 0. The molecule has 0 saturated heterocycles. The molecule has 2 heteroatoms. The summed E-state index contributed by atoms with van der Waals surface area (Å²) in [6, 6.07) is 0. The van der Waals surface area contributed by atoms with Gasteiger partial charge in [-0.2, -0.15) is 0 Å². The van der Waals surface area contributed by atoms with Crippen LogP contribution in [-0.2, 0) is 9.47 Å². The Kier molecular flexibility index (Phi) is 5.49. The van der Waals surface area contributed by atoms with Crippen LogP contribution in [0.5, 0.6) is 0 Å². The molecule has 0 aromatic carbocycles. The third-order valence-corrected chi connectivity index (χ3v) is 2.77. The lowest BCUT2D eigenvalue weighted by atomic mass is 9.89. The van der Waals surface area contributed by atoms with Gasteiger partial charge in [-0.05, 0) is 33.6 Å². The smallest absolute Gasteiger partial charge is 0.160 e. The van der Waals surface area contributed by atoms with Gasteiger partial charge < -0.3 is 9.47 Å². The Balaban J connectivity index is 2.38. The highest BCUT2D eigenvalue weighted by atomic mass is 16.7. The fourth-order valence-corrected chi connectivity index (χ4v) is 2.13. The molecule has 1 atom stereocenters. The number of hydrogen-bond acceptors (Lipinski definition) is 2. The molecule has 0 heterocycles. The van der Waals surface area contributed by atoms with Crippen LogP contribution >= 0.6 is 0 Å². The standard InChI is InChI=1S/C12H24O2/c1-4-13-12(14-10(2)3)11-8-6-5-7-9-11/h10-12H,4-9H2,1-3H3. The van der Waals surface area contributed by atoms with Gasteiger partial charge in [-0.3, -0.25) is 0 Å². The molecule has 1 aliphatic carbocycles. The van der Waals surface area contributed by atoms with Crippen LogP contribution in [0.1, 0.15) is 52.9 Å². The Morgan fingerprint density at radius 2 is 1.79 bits per heavy atom. The average molecular weight is 200 g/mol. The zero-order chi connectivity index (χ0) is 10.4. The zero-order valence-corrected chi connectivity index (χ0v) is 9.79. The highest BCUT2D eigenvalue weighted by molar-refractivity contribution is 4.69. The van der Waals surface area contributed by atoms with Gasteiger partial charge in [0.15, 0.2) is 6.29 Å². The van der Waals surface area contributed by atoms with E-state index < -0.39 is 0 Å². The first-order chi connectivity index (χ1) is 6.74.